The molecule has 0 fully saturated rings. The maximum Gasteiger partial charge on any atom is 0.221 e. The van der Waals surface area contributed by atoms with Crippen molar-refractivity contribution in [2.24, 2.45) is 4.99 Å². The van der Waals surface area contributed by atoms with Crippen LogP contribution in [0.25, 0.3) is 0 Å². The van der Waals surface area contributed by atoms with Crippen LogP contribution in [0.5, 0.6) is 0 Å². The summed E-state index contributed by atoms with van der Waals surface area (Å²) in [4.78, 5) is 16.3. The minimum Gasteiger partial charge on any atom is -0.307 e. The molecule has 156 valence electrons. The Labute approximate surface area is 168 Å². The third-order valence-electron chi connectivity index (χ3n) is 5.94. The van der Waals surface area contributed by atoms with E-state index in [-0.39, 0.29) is 12.1 Å². The van der Waals surface area contributed by atoms with Crippen molar-refractivity contribution >= 4 is 11.7 Å². The van der Waals surface area contributed by atoms with Crippen LogP contribution in [0.2, 0.25) is 0 Å². The fourth-order valence-corrected chi connectivity index (χ4v) is 4.20. The van der Waals surface area contributed by atoms with E-state index < -0.39 is 0 Å². The van der Waals surface area contributed by atoms with Gasteiger partial charge in [0.1, 0.15) is 6.54 Å². The first-order valence-electron chi connectivity index (χ1n) is 11.4. The number of quaternary nitrogens is 1. The van der Waals surface area contributed by atoms with Gasteiger partial charge in [-0.05, 0) is 39.0 Å². The zero-order valence-electron chi connectivity index (χ0n) is 18.4. The van der Waals surface area contributed by atoms with Crippen molar-refractivity contribution in [3.05, 3.63) is 12.2 Å². The van der Waals surface area contributed by atoms with E-state index in [1.165, 1.54) is 70.0 Å². The zero-order valence-corrected chi connectivity index (χ0v) is 18.4. The Hall–Kier alpha value is -1.16. The Morgan fingerprint density at radius 3 is 2.33 bits per heavy atom. The molecule has 0 aromatic rings. The third kappa shape index (κ3) is 8.59. The molecule has 1 rings (SSSR count). The van der Waals surface area contributed by atoms with E-state index >= 15 is 0 Å². The summed E-state index contributed by atoms with van der Waals surface area (Å²) in [6, 6.07) is 0. The van der Waals surface area contributed by atoms with Gasteiger partial charge in [-0.2, -0.15) is 0 Å². The van der Waals surface area contributed by atoms with Crippen molar-refractivity contribution < 1.29 is 9.28 Å². The van der Waals surface area contributed by atoms with E-state index in [9.17, 15) is 4.79 Å². The minimum absolute atomic E-state index is 0.0547. The van der Waals surface area contributed by atoms with Crippen molar-refractivity contribution in [2.75, 3.05) is 19.6 Å². The van der Waals surface area contributed by atoms with Gasteiger partial charge in [-0.3, -0.25) is 9.28 Å². The van der Waals surface area contributed by atoms with Crippen LogP contribution in [0.1, 0.15) is 98.3 Å². The zero-order chi connectivity index (χ0) is 20.0. The number of rotatable bonds is 15. The van der Waals surface area contributed by atoms with Gasteiger partial charge in [0.25, 0.3) is 0 Å². The molecule has 4 heteroatoms. The molecular weight excluding hydrogens is 334 g/mol. The lowest BCUT2D eigenvalue weighted by Gasteiger charge is -2.39. The van der Waals surface area contributed by atoms with E-state index in [0.29, 0.717) is 0 Å². The summed E-state index contributed by atoms with van der Waals surface area (Å²) in [6.45, 7) is 11.1. The molecule has 1 amide bonds. The Kier molecular flexibility index (Phi) is 12.3. The van der Waals surface area contributed by atoms with Crippen LogP contribution >= 0.6 is 0 Å². The van der Waals surface area contributed by atoms with Gasteiger partial charge in [0.2, 0.25) is 5.91 Å². The van der Waals surface area contributed by atoms with Crippen molar-refractivity contribution in [3.8, 4) is 0 Å². The molecule has 0 aromatic heterocycles. The highest BCUT2D eigenvalue weighted by Gasteiger charge is 2.41. The van der Waals surface area contributed by atoms with E-state index in [0.717, 1.165) is 30.5 Å². The maximum absolute atomic E-state index is 11.5. The first-order chi connectivity index (χ1) is 13.1. The molecule has 0 saturated heterocycles. The number of carbonyl (C=O) groups excluding carboxylic acids is 1. The Bertz CT molecular complexity index is 472. The Morgan fingerprint density at radius 2 is 1.70 bits per heavy atom. The number of likely N-dealkylation sites (N-methyl/N-ethyl adjacent to an activating group) is 1. The number of hydrogen-bond acceptors (Lipinski definition) is 2. The topological polar surface area (TPSA) is 41.5 Å². The van der Waals surface area contributed by atoms with E-state index in [4.69, 9.17) is 4.99 Å². The first kappa shape index (κ1) is 23.9. The summed E-state index contributed by atoms with van der Waals surface area (Å²) in [6.07, 6.45) is 18.9. The monoisotopic (exact) mass is 378 g/mol. The summed E-state index contributed by atoms with van der Waals surface area (Å²) in [7, 11) is 0. The second-order valence-corrected chi connectivity index (χ2v) is 8.02. The van der Waals surface area contributed by atoms with Gasteiger partial charge < -0.3 is 5.32 Å². The highest BCUT2D eigenvalue weighted by atomic mass is 16.1. The first-order valence-corrected chi connectivity index (χ1v) is 11.4. The van der Waals surface area contributed by atoms with E-state index in [2.05, 4.69) is 38.2 Å². The number of nitrogens with zero attached hydrogens (tertiary/aromatic N) is 2. The smallest absolute Gasteiger partial charge is 0.221 e. The van der Waals surface area contributed by atoms with Gasteiger partial charge >= 0.3 is 0 Å². The lowest BCUT2D eigenvalue weighted by molar-refractivity contribution is -0.861. The molecule has 0 radical (unpaired) electrons. The molecule has 1 aliphatic heterocycles. The van der Waals surface area contributed by atoms with Gasteiger partial charge in [-0.15, -0.1) is 0 Å². The SMILES string of the molecule is CCCCC/C=C/CCCCCCCC1=NCC[N+]1(CC)C(C)NC(C)=O. The quantitative estimate of drug-likeness (QED) is 0.225. The van der Waals surface area contributed by atoms with Gasteiger partial charge in [0.15, 0.2) is 12.0 Å². The predicted molar refractivity (Wildman–Crippen MR) is 117 cm³/mol. The van der Waals surface area contributed by atoms with Gasteiger partial charge in [-0.1, -0.05) is 51.2 Å². The van der Waals surface area contributed by atoms with Crippen molar-refractivity contribution in [2.45, 2.75) is 104 Å². The molecule has 1 N–H and O–H groups in total. The number of aliphatic imine (C=N–C) groups is 1. The summed E-state index contributed by atoms with van der Waals surface area (Å²) in [5.74, 6) is 1.35. The third-order valence-corrected chi connectivity index (χ3v) is 5.94. The highest BCUT2D eigenvalue weighted by molar-refractivity contribution is 5.78. The summed E-state index contributed by atoms with van der Waals surface area (Å²) in [5, 5.41) is 3.10. The summed E-state index contributed by atoms with van der Waals surface area (Å²) >= 11 is 0. The molecule has 0 saturated carbocycles. The average Bonchev–Trinajstić information content (AvgIpc) is 3.06. The number of amides is 1. The van der Waals surface area contributed by atoms with Crippen LogP contribution in [0, 0.1) is 0 Å². The van der Waals surface area contributed by atoms with Crippen LogP contribution in [0.4, 0.5) is 0 Å². The molecular formula is C23H44N3O+. The van der Waals surface area contributed by atoms with Crippen LogP contribution in [0.3, 0.4) is 0 Å². The van der Waals surface area contributed by atoms with E-state index in [1.807, 2.05) is 0 Å². The van der Waals surface area contributed by atoms with Gasteiger partial charge in [0, 0.05) is 20.3 Å². The average molecular weight is 379 g/mol. The molecule has 0 bridgehead atoms. The second kappa shape index (κ2) is 13.9. The number of unbranched alkanes of at least 4 members (excludes halogenated alkanes) is 8. The molecule has 2 unspecified atom stereocenters. The Morgan fingerprint density at radius 1 is 1.07 bits per heavy atom. The number of hydrogen-bond donors (Lipinski definition) is 1. The number of carbonyl (C=O) groups is 1. The normalized spacial score (nSPS) is 20.8. The lowest BCUT2D eigenvalue weighted by atomic mass is 10.1. The van der Waals surface area contributed by atoms with E-state index in [1.54, 1.807) is 6.92 Å². The molecule has 27 heavy (non-hydrogen) atoms. The molecule has 0 spiro atoms. The fraction of sp³-hybridized carbons (Fsp3) is 0.826. The van der Waals surface area contributed by atoms with Crippen molar-refractivity contribution in [1.82, 2.24) is 5.32 Å². The minimum atomic E-state index is 0.0547. The van der Waals surface area contributed by atoms with Crippen LogP contribution in [-0.2, 0) is 4.79 Å². The fourth-order valence-electron chi connectivity index (χ4n) is 4.20. The lowest BCUT2D eigenvalue weighted by Crippen LogP contribution is -2.62. The molecule has 2 atom stereocenters. The van der Waals surface area contributed by atoms with Crippen LogP contribution in [-0.4, -0.2) is 42.0 Å². The number of amidine groups is 1. The van der Waals surface area contributed by atoms with Crippen molar-refractivity contribution in [1.29, 1.82) is 0 Å². The largest absolute Gasteiger partial charge is 0.307 e. The Balaban J connectivity index is 2.19. The van der Waals surface area contributed by atoms with Crippen LogP contribution in [0.15, 0.2) is 17.1 Å². The van der Waals surface area contributed by atoms with Gasteiger partial charge in [0.05, 0.1) is 13.1 Å². The molecule has 0 aliphatic carbocycles. The summed E-state index contributed by atoms with van der Waals surface area (Å²) < 4.78 is 0.850. The maximum atomic E-state index is 11.5. The highest BCUT2D eigenvalue weighted by Crippen LogP contribution is 2.23. The number of allylic oxidation sites excluding steroid dienone is 2. The molecule has 1 heterocycles. The summed E-state index contributed by atoms with van der Waals surface area (Å²) in [5.41, 5.74) is 0. The molecule has 0 aromatic carbocycles. The molecule has 4 nitrogen and oxygen atoms in total. The second-order valence-electron chi connectivity index (χ2n) is 8.02. The predicted octanol–water partition coefficient (Wildman–Crippen LogP) is 5.58. The number of nitrogens with one attached hydrogen (secondary N) is 1. The van der Waals surface area contributed by atoms with Gasteiger partial charge in [-0.25, -0.2) is 4.99 Å². The molecule has 1 aliphatic rings. The van der Waals surface area contributed by atoms with Crippen LogP contribution < -0.4 is 5.32 Å². The van der Waals surface area contributed by atoms with Crippen molar-refractivity contribution in [3.63, 3.8) is 0 Å². The standard InChI is InChI=1S/C23H43N3O/c1-5-7-8-9-10-11-12-13-14-15-16-17-18-23-24-19-20-26(23,6-2)21(3)25-22(4)27/h10-11,21H,5-9,12-20H2,1-4H3/p+1/b11-10+.